The van der Waals surface area contributed by atoms with Gasteiger partial charge in [0.2, 0.25) is 0 Å². The van der Waals surface area contributed by atoms with E-state index in [0.717, 1.165) is 0 Å². The Balaban J connectivity index is 1.86. The van der Waals surface area contributed by atoms with Crippen LogP contribution in [0.1, 0.15) is 54.1 Å². The SMILES string of the molecule is CC(=O)c1ccc2c(c1)[C@H](NC1(C(=O)O)C=CCc3nonc31)[C@@H](O)C(C)(C)O2. The number of aliphatic carboxylic acids is 1. The number of rotatable bonds is 4. The van der Waals surface area contributed by atoms with E-state index < -0.39 is 29.3 Å². The predicted molar refractivity (Wildman–Crippen MR) is 99.5 cm³/mol. The van der Waals surface area contributed by atoms with Gasteiger partial charge in [-0.15, -0.1) is 0 Å². The minimum Gasteiger partial charge on any atom is -0.485 e. The molecule has 0 radical (unpaired) electrons. The Morgan fingerprint density at radius 1 is 1.28 bits per heavy atom. The van der Waals surface area contributed by atoms with Gasteiger partial charge in [-0.2, -0.15) is 0 Å². The number of carbonyl (C=O) groups is 2. The zero-order chi connectivity index (χ0) is 21.0. The number of carbonyl (C=O) groups excluding carboxylic acids is 1. The first-order valence-electron chi connectivity index (χ1n) is 9.18. The van der Waals surface area contributed by atoms with E-state index in [-0.39, 0.29) is 11.5 Å². The lowest BCUT2D eigenvalue weighted by atomic mass is 9.81. The fraction of sp³-hybridized carbons (Fsp3) is 0.400. The first kappa shape index (κ1) is 19.3. The molecule has 2 heterocycles. The second-order valence-corrected chi connectivity index (χ2v) is 7.86. The minimum absolute atomic E-state index is 0.133. The molecule has 3 atom stereocenters. The molecular formula is C20H21N3O6. The molecule has 2 aliphatic rings. The molecule has 2 aromatic rings. The van der Waals surface area contributed by atoms with Crippen LogP contribution in [-0.4, -0.2) is 44.0 Å². The van der Waals surface area contributed by atoms with Gasteiger partial charge < -0.3 is 14.9 Å². The van der Waals surface area contributed by atoms with Gasteiger partial charge in [0.1, 0.15) is 28.8 Å². The van der Waals surface area contributed by atoms with E-state index in [9.17, 15) is 19.8 Å². The summed E-state index contributed by atoms with van der Waals surface area (Å²) in [5, 5.41) is 31.8. The lowest BCUT2D eigenvalue weighted by Gasteiger charge is -2.45. The number of ether oxygens (including phenoxy) is 1. The summed E-state index contributed by atoms with van der Waals surface area (Å²) >= 11 is 0. The second kappa shape index (κ2) is 6.50. The molecule has 29 heavy (non-hydrogen) atoms. The van der Waals surface area contributed by atoms with Crippen molar-refractivity contribution < 1.29 is 29.2 Å². The van der Waals surface area contributed by atoms with E-state index in [4.69, 9.17) is 9.37 Å². The standard InChI is InChI=1S/C20H21N3O6/c1-10(24)11-6-7-14-12(9-11)15(17(25)19(2,3)28-14)21-20(18(26)27)8-4-5-13-16(20)23-29-22-13/h4,6-9,15,17,21,25H,5H2,1-3H3,(H,26,27)/t15-,17+,20?/m0/s1. The number of aliphatic hydroxyl groups is 1. The number of benzene rings is 1. The quantitative estimate of drug-likeness (QED) is 0.516. The van der Waals surface area contributed by atoms with E-state index in [1.807, 2.05) is 0 Å². The molecule has 1 aromatic carbocycles. The van der Waals surface area contributed by atoms with Crippen molar-refractivity contribution in [2.45, 2.75) is 50.5 Å². The van der Waals surface area contributed by atoms with Gasteiger partial charge in [-0.1, -0.05) is 22.5 Å². The number of nitrogens with one attached hydrogen (secondary N) is 1. The van der Waals surface area contributed by atoms with Crippen LogP contribution >= 0.6 is 0 Å². The molecule has 1 unspecified atom stereocenters. The van der Waals surface area contributed by atoms with E-state index in [2.05, 4.69) is 15.6 Å². The van der Waals surface area contributed by atoms with E-state index in [1.165, 1.54) is 13.0 Å². The Hall–Kier alpha value is -3.04. The van der Waals surface area contributed by atoms with Crippen LogP contribution in [0, 0.1) is 0 Å². The normalized spacial score (nSPS) is 26.9. The molecule has 152 valence electrons. The summed E-state index contributed by atoms with van der Waals surface area (Å²) in [6.45, 7) is 4.85. The molecule has 3 N–H and O–H groups in total. The topological polar surface area (TPSA) is 135 Å². The highest BCUT2D eigenvalue weighted by Crippen LogP contribution is 2.43. The molecule has 0 bridgehead atoms. The van der Waals surface area contributed by atoms with E-state index in [0.29, 0.717) is 29.0 Å². The third kappa shape index (κ3) is 2.93. The Morgan fingerprint density at radius 2 is 2.03 bits per heavy atom. The van der Waals surface area contributed by atoms with Gasteiger partial charge in [0.15, 0.2) is 11.3 Å². The van der Waals surface area contributed by atoms with Crippen LogP contribution < -0.4 is 10.1 Å². The number of Topliss-reactive ketones (excluding diaryl/α,β-unsaturated/α-hetero) is 1. The number of hydrogen-bond acceptors (Lipinski definition) is 8. The van der Waals surface area contributed by atoms with E-state index in [1.54, 1.807) is 38.1 Å². The number of carboxylic acids is 1. The van der Waals surface area contributed by atoms with Gasteiger partial charge >= 0.3 is 5.97 Å². The van der Waals surface area contributed by atoms with Crippen LogP contribution in [0.15, 0.2) is 35.0 Å². The number of aromatic nitrogens is 2. The third-order valence-electron chi connectivity index (χ3n) is 5.48. The number of fused-ring (bicyclic) bond motifs is 2. The van der Waals surface area contributed by atoms with Crippen LogP contribution in [0.2, 0.25) is 0 Å². The number of hydrogen-bond donors (Lipinski definition) is 3. The van der Waals surface area contributed by atoms with Crippen molar-refractivity contribution in [3.63, 3.8) is 0 Å². The molecule has 1 aliphatic heterocycles. The molecule has 9 nitrogen and oxygen atoms in total. The zero-order valence-electron chi connectivity index (χ0n) is 16.2. The third-order valence-corrected chi connectivity index (χ3v) is 5.48. The number of ketones is 1. The van der Waals surface area contributed by atoms with Crippen molar-refractivity contribution >= 4 is 11.8 Å². The average molecular weight is 399 g/mol. The molecule has 0 fully saturated rings. The molecular weight excluding hydrogens is 378 g/mol. The highest BCUT2D eigenvalue weighted by Gasteiger charge is 2.51. The van der Waals surface area contributed by atoms with Crippen molar-refractivity contribution in [3.05, 3.63) is 52.9 Å². The summed E-state index contributed by atoms with van der Waals surface area (Å²) in [6, 6.07) is 4.04. The van der Waals surface area contributed by atoms with Crippen molar-refractivity contribution in [2.75, 3.05) is 0 Å². The Labute approximate surface area is 166 Å². The molecule has 0 amide bonds. The molecule has 4 rings (SSSR count). The molecule has 0 saturated heterocycles. The van der Waals surface area contributed by atoms with Crippen LogP contribution in [0.3, 0.4) is 0 Å². The van der Waals surface area contributed by atoms with Crippen LogP contribution in [0.4, 0.5) is 0 Å². The first-order valence-corrected chi connectivity index (χ1v) is 9.18. The summed E-state index contributed by atoms with van der Waals surface area (Å²) < 4.78 is 10.7. The molecule has 1 aliphatic carbocycles. The fourth-order valence-electron chi connectivity index (χ4n) is 3.84. The Bertz CT molecular complexity index is 1030. The average Bonchev–Trinajstić information content (AvgIpc) is 3.14. The summed E-state index contributed by atoms with van der Waals surface area (Å²) in [5.74, 6) is -0.910. The summed E-state index contributed by atoms with van der Waals surface area (Å²) in [7, 11) is 0. The highest BCUT2D eigenvalue weighted by molar-refractivity contribution is 5.94. The van der Waals surface area contributed by atoms with Crippen molar-refractivity contribution in [1.82, 2.24) is 15.6 Å². The Kier molecular flexibility index (Phi) is 4.32. The maximum atomic E-state index is 12.4. The van der Waals surface area contributed by atoms with E-state index >= 15 is 0 Å². The smallest absolute Gasteiger partial charge is 0.334 e. The second-order valence-electron chi connectivity index (χ2n) is 7.86. The van der Waals surface area contributed by atoms with Gasteiger partial charge in [-0.3, -0.25) is 10.1 Å². The number of nitrogens with zero attached hydrogens (tertiary/aromatic N) is 2. The monoisotopic (exact) mass is 399 g/mol. The van der Waals surface area contributed by atoms with Crippen LogP contribution in [0.5, 0.6) is 5.75 Å². The van der Waals surface area contributed by atoms with Crippen molar-refractivity contribution in [2.24, 2.45) is 0 Å². The van der Waals surface area contributed by atoms with Crippen molar-refractivity contribution in [1.29, 1.82) is 0 Å². The maximum absolute atomic E-state index is 12.4. The van der Waals surface area contributed by atoms with Gasteiger partial charge in [0, 0.05) is 17.5 Å². The van der Waals surface area contributed by atoms with Gasteiger partial charge in [0.05, 0.1) is 6.04 Å². The molecule has 1 aromatic heterocycles. The molecule has 9 heteroatoms. The largest absolute Gasteiger partial charge is 0.485 e. The van der Waals surface area contributed by atoms with Crippen LogP contribution in [0.25, 0.3) is 0 Å². The van der Waals surface area contributed by atoms with Gasteiger partial charge in [-0.05, 0) is 39.0 Å². The fourth-order valence-corrected chi connectivity index (χ4v) is 3.84. The number of carboxylic acid groups (broad SMARTS) is 1. The highest BCUT2D eigenvalue weighted by atomic mass is 16.6. The first-order chi connectivity index (χ1) is 13.7. The van der Waals surface area contributed by atoms with Crippen molar-refractivity contribution in [3.8, 4) is 5.75 Å². The zero-order valence-corrected chi connectivity index (χ0v) is 16.2. The lowest BCUT2D eigenvalue weighted by molar-refractivity contribution is -0.145. The number of aliphatic hydroxyl groups excluding tert-OH is 1. The summed E-state index contributed by atoms with van der Waals surface area (Å²) in [4.78, 5) is 24.3. The summed E-state index contributed by atoms with van der Waals surface area (Å²) in [5.41, 5.74) is -1.31. The molecule has 0 saturated carbocycles. The van der Waals surface area contributed by atoms with Gasteiger partial charge in [-0.25, -0.2) is 9.42 Å². The minimum atomic E-state index is -1.75. The Morgan fingerprint density at radius 3 is 2.72 bits per heavy atom. The number of allylic oxidation sites excluding steroid dienone is 1. The van der Waals surface area contributed by atoms with Gasteiger partial charge in [0.25, 0.3) is 0 Å². The lowest BCUT2D eigenvalue weighted by Crippen LogP contribution is -2.59. The molecule has 0 spiro atoms. The predicted octanol–water partition coefficient (Wildman–Crippen LogP) is 1.53. The summed E-state index contributed by atoms with van der Waals surface area (Å²) in [6.07, 6.45) is 2.41. The maximum Gasteiger partial charge on any atom is 0.334 e. The van der Waals surface area contributed by atoms with Crippen LogP contribution in [-0.2, 0) is 16.8 Å².